The Balaban J connectivity index is 1.90. The van der Waals surface area contributed by atoms with E-state index in [1.54, 1.807) is 23.7 Å². The summed E-state index contributed by atoms with van der Waals surface area (Å²) in [6, 6.07) is 5.30. The molecule has 0 bridgehead atoms. The third-order valence-electron chi connectivity index (χ3n) is 4.25. The summed E-state index contributed by atoms with van der Waals surface area (Å²) in [5, 5.41) is 12.3. The van der Waals surface area contributed by atoms with E-state index in [0.717, 1.165) is 17.0 Å². The fourth-order valence-corrected chi connectivity index (χ4v) is 2.95. The molecule has 26 heavy (non-hydrogen) atoms. The van der Waals surface area contributed by atoms with E-state index in [9.17, 15) is 4.79 Å². The maximum absolute atomic E-state index is 12.7. The van der Waals surface area contributed by atoms with Crippen LogP contribution in [0.3, 0.4) is 0 Å². The van der Waals surface area contributed by atoms with Crippen LogP contribution in [-0.2, 0) is 6.54 Å². The fraction of sp³-hybridized carbons (Fsp3) is 0.278. The van der Waals surface area contributed by atoms with Gasteiger partial charge in [0.2, 0.25) is 0 Å². The zero-order valence-electron chi connectivity index (χ0n) is 14.9. The van der Waals surface area contributed by atoms with Gasteiger partial charge < -0.3 is 9.84 Å². The molecule has 0 atom stereocenters. The van der Waals surface area contributed by atoms with Crippen molar-refractivity contribution in [1.82, 2.24) is 14.9 Å². The minimum atomic E-state index is -0.366. The summed E-state index contributed by atoms with van der Waals surface area (Å²) in [4.78, 5) is 12.7. The van der Waals surface area contributed by atoms with Crippen LogP contribution in [0.5, 0.6) is 0 Å². The number of halogens is 2. The number of nitrogens with zero attached hydrogens (tertiary/aromatic N) is 3. The zero-order chi connectivity index (χ0) is 19.0. The number of carbonyl (C=O) groups excluding carboxylic acids is 1. The smallest absolute Gasteiger partial charge is 0.278 e. The van der Waals surface area contributed by atoms with Gasteiger partial charge in [-0.15, -0.1) is 0 Å². The van der Waals surface area contributed by atoms with Crippen molar-refractivity contribution < 1.29 is 9.32 Å². The number of carbonyl (C=O) groups is 1. The summed E-state index contributed by atoms with van der Waals surface area (Å²) in [5.74, 6) is 0.191. The lowest BCUT2D eigenvalue weighted by Crippen LogP contribution is -2.17. The van der Waals surface area contributed by atoms with Gasteiger partial charge in [0.1, 0.15) is 5.76 Å². The molecule has 8 heteroatoms. The summed E-state index contributed by atoms with van der Waals surface area (Å²) in [6.45, 7) is 7.70. The van der Waals surface area contributed by atoms with Gasteiger partial charge in [-0.05, 0) is 45.4 Å². The number of aromatic nitrogens is 3. The first-order valence-electron chi connectivity index (χ1n) is 8.00. The molecule has 0 saturated heterocycles. The lowest BCUT2D eigenvalue weighted by atomic mass is 10.1. The van der Waals surface area contributed by atoms with Crippen LogP contribution in [0.1, 0.15) is 38.8 Å². The van der Waals surface area contributed by atoms with Crippen LogP contribution in [0.25, 0.3) is 0 Å². The van der Waals surface area contributed by atoms with E-state index >= 15 is 0 Å². The Labute approximate surface area is 161 Å². The molecule has 0 aliphatic rings. The summed E-state index contributed by atoms with van der Waals surface area (Å²) in [6.07, 6.45) is 0. The predicted octanol–water partition coefficient (Wildman–Crippen LogP) is 4.71. The monoisotopic (exact) mass is 392 g/mol. The first kappa shape index (κ1) is 18.5. The normalized spacial score (nSPS) is 11.0. The molecule has 0 aliphatic heterocycles. The Morgan fingerprint density at radius 3 is 2.62 bits per heavy atom. The molecule has 0 unspecified atom stereocenters. The van der Waals surface area contributed by atoms with Gasteiger partial charge in [0.05, 0.1) is 23.0 Å². The number of anilines is 1. The molecule has 1 N–H and O–H groups in total. The molecular weight excluding hydrogens is 375 g/mol. The molecule has 136 valence electrons. The maximum atomic E-state index is 12.7. The highest BCUT2D eigenvalue weighted by Crippen LogP contribution is 2.24. The SMILES string of the molecule is Cc1ccc(Cl)cc1NC(=O)c1noc(C)c1Cn1nc(C)c(Cl)c1C. The van der Waals surface area contributed by atoms with Crippen molar-refractivity contribution in [2.45, 2.75) is 34.2 Å². The van der Waals surface area contributed by atoms with Crippen LogP contribution in [0, 0.1) is 27.7 Å². The topological polar surface area (TPSA) is 73.0 Å². The Hall–Kier alpha value is -2.31. The van der Waals surface area contributed by atoms with Crippen molar-refractivity contribution in [2.75, 3.05) is 5.32 Å². The van der Waals surface area contributed by atoms with Crippen molar-refractivity contribution in [3.63, 3.8) is 0 Å². The number of hydrogen-bond donors (Lipinski definition) is 1. The average molecular weight is 393 g/mol. The lowest BCUT2D eigenvalue weighted by molar-refractivity contribution is 0.101. The van der Waals surface area contributed by atoms with E-state index in [1.165, 1.54) is 0 Å². The molecule has 0 radical (unpaired) electrons. The number of benzene rings is 1. The highest BCUT2D eigenvalue weighted by molar-refractivity contribution is 6.31. The van der Waals surface area contributed by atoms with Gasteiger partial charge in [-0.3, -0.25) is 9.48 Å². The van der Waals surface area contributed by atoms with Crippen molar-refractivity contribution in [2.24, 2.45) is 0 Å². The second kappa shape index (κ2) is 7.13. The predicted molar refractivity (Wildman–Crippen MR) is 101 cm³/mol. The van der Waals surface area contributed by atoms with Gasteiger partial charge >= 0.3 is 0 Å². The second-order valence-electron chi connectivity index (χ2n) is 6.12. The van der Waals surface area contributed by atoms with Crippen molar-refractivity contribution in [3.05, 3.63) is 62.2 Å². The molecule has 2 heterocycles. The Morgan fingerprint density at radius 2 is 1.96 bits per heavy atom. The van der Waals surface area contributed by atoms with Crippen LogP contribution in [0.15, 0.2) is 22.7 Å². The molecule has 1 amide bonds. The van der Waals surface area contributed by atoms with E-state index in [0.29, 0.717) is 33.6 Å². The Kier molecular flexibility index (Phi) is 5.07. The minimum Gasteiger partial charge on any atom is -0.361 e. The standard InChI is InChI=1S/C18H18Cl2N4O2/c1-9-5-6-13(19)7-15(9)21-18(25)17-14(12(4)26-23-17)8-24-11(3)16(20)10(2)22-24/h5-7H,8H2,1-4H3,(H,21,25). The number of amides is 1. The fourth-order valence-electron chi connectivity index (χ4n) is 2.64. The molecule has 3 rings (SSSR count). The minimum absolute atomic E-state index is 0.213. The molecule has 0 aliphatic carbocycles. The summed E-state index contributed by atoms with van der Waals surface area (Å²) >= 11 is 12.2. The Bertz CT molecular complexity index is 991. The Morgan fingerprint density at radius 1 is 1.23 bits per heavy atom. The number of hydrogen-bond acceptors (Lipinski definition) is 4. The van der Waals surface area contributed by atoms with E-state index in [2.05, 4.69) is 15.6 Å². The van der Waals surface area contributed by atoms with E-state index in [-0.39, 0.29) is 11.6 Å². The molecule has 2 aromatic heterocycles. The molecule has 0 fully saturated rings. The van der Waals surface area contributed by atoms with E-state index in [4.69, 9.17) is 27.7 Å². The van der Waals surface area contributed by atoms with Crippen LogP contribution in [-0.4, -0.2) is 20.8 Å². The van der Waals surface area contributed by atoms with Crippen molar-refractivity contribution in [3.8, 4) is 0 Å². The van der Waals surface area contributed by atoms with Crippen molar-refractivity contribution in [1.29, 1.82) is 0 Å². The molecule has 3 aromatic rings. The summed E-state index contributed by atoms with van der Waals surface area (Å²) < 4.78 is 6.98. The van der Waals surface area contributed by atoms with Crippen LogP contribution < -0.4 is 5.32 Å². The number of aryl methyl sites for hydroxylation is 3. The van der Waals surface area contributed by atoms with Gasteiger partial charge in [-0.25, -0.2) is 0 Å². The van der Waals surface area contributed by atoms with Crippen LogP contribution in [0.4, 0.5) is 5.69 Å². The van der Waals surface area contributed by atoms with Crippen molar-refractivity contribution >= 4 is 34.8 Å². The average Bonchev–Trinajstić information content (AvgIpc) is 3.07. The molecule has 1 aromatic carbocycles. The molecule has 6 nitrogen and oxygen atoms in total. The first-order valence-corrected chi connectivity index (χ1v) is 8.75. The summed E-state index contributed by atoms with van der Waals surface area (Å²) in [7, 11) is 0. The van der Waals surface area contributed by atoms with Crippen LogP contribution in [0.2, 0.25) is 10.0 Å². The molecule has 0 spiro atoms. The lowest BCUT2D eigenvalue weighted by Gasteiger charge is -2.09. The number of nitrogens with one attached hydrogen (secondary N) is 1. The van der Waals surface area contributed by atoms with Crippen LogP contribution >= 0.6 is 23.2 Å². The number of rotatable bonds is 4. The largest absolute Gasteiger partial charge is 0.361 e. The zero-order valence-corrected chi connectivity index (χ0v) is 16.4. The molecule has 0 saturated carbocycles. The first-order chi connectivity index (χ1) is 12.3. The molecular formula is C18H18Cl2N4O2. The summed E-state index contributed by atoms with van der Waals surface area (Å²) in [5.41, 5.74) is 3.95. The highest BCUT2D eigenvalue weighted by Gasteiger charge is 2.22. The van der Waals surface area contributed by atoms with Gasteiger partial charge in [-0.2, -0.15) is 5.10 Å². The van der Waals surface area contributed by atoms with E-state index < -0.39 is 0 Å². The maximum Gasteiger partial charge on any atom is 0.278 e. The quantitative estimate of drug-likeness (QED) is 0.697. The van der Waals surface area contributed by atoms with E-state index in [1.807, 2.05) is 26.8 Å². The highest BCUT2D eigenvalue weighted by atomic mass is 35.5. The van der Waals surface area contributed by atoms with Gasteiger partial charge in [0.25, 0.3) is 5.91 Å². The van der Waals surface area contributed by atoms with Gasteiger partial charge in [0.15, 0.2) is 5.69 Å². The van der Waals surface area contributed by atoms with Gasteiger partial charge in [0, 0.05) is 16.3 Å². The third-order valence-corrected chi connectivity index (χ3v) is 5.03. The van der Waals surface area contributed by atoms with Gasteiger partial charge in [-0.1, -0.05) is 34.4 Å². The second-order valence-corrected chi connectivity index (χ2v) is 6.94. The third kappa shape index (κ3) is 3.48.